The molecular weight excluding hydrogens is 347 g/mol. The van der Waals surface area contributed by atoms with Crippen molar-refractivity contribution in [3.8, 4) is 0 Å². The van der Waals surface area contributed by atoms with Crippen molar-refractivity contribution in [1.82, 2.24) is 5.32 Å². The molecule has 5 nitrogen and oxygen atoms in total. The van der Waals surface area contributed by atoms with Crippen LogP contribution in [0.25, 0.3) is 0 Å². The van der Waals surface area contributed by atoms with Crippen molar-refractivity contribution >= 4 is 23.3 Å². The lowest BCUT2D eigenvalue weighted by Gasteiger charge is -2.11. The zero-order valence-electron chi connectivity index (χ0n) is 14.1. The second-order valence-electron chi connectivity index (χ2n) is 5.86. The zero-order chi connectivity index (χ0) is 19.3. The molecule has 0 radical (unpaired) electrons. The number of hydrogen-bond donors (Lipinski definition) is 3. The highest BCUT2D eigenvalue weighted by Crippen LogP contribution is 2.30. The maximum atomic E-state index is 12.7. The molecule has 0 aliphatic heterocycles. The third kappa shape index (κ3) is 5.51. The van der Waals surface area contributed by atoms with Crippen molar-refractivity contribution in [3.63, 3.8) is 0 Å². The Balaban J connectivity index is 1.99. The van der Waals surface area contributed by atoms with Gasteiger partial charge in [0.1, 0.15) is 0 Å². The van der Waals surface area contributed by atoms with Crippen LogP contribution in [-0.2, 0) is 6.18 Å². The highest BCUT2D eigenvalue weighted by molar-refractivity contribution is 6.00. The molecule has 0 aliphatic rings. The maximum absolute atomic E-state index is 12.7. The van der Waals surface area contributed by atoms with Gasteiger partial charge < -0.3 is 16.0 Å². The standard InChI is InChI=1S/C18H18F3N3O2/c1-11(2)22-16(25)12-6-8-14(9-7-12)23-17(26)24-15-5-3-4-13(10-15)18(19,20)21/h3-11H,1-2H3,(H,22,25)(H2,23,24,26). The molecule has 0 unspecified atom stereocenters. The summed E-state index contributed by atoms with van der Waals surface area (Å²) in [6.07, 6.45) is -4.49. The van der Waals surface area contributed by atoms with E-state index in [0.717, 1.165) is 12.1 Å². The van der Waals surface area contributed by atoms with Gasteiger partial charge in [-0.05, 0) is 56.3 Å². The fourth-order valence-corrected chi connectivity index (χ4v) is 2.12. The highest BCUT2D eigenvalue weighted by atomic mass is 19.4. The fourth-order valence-electron chi connectivity index (χ4n) is 2.12. The van der Waals surface area contributed by atoms with Crippen LogP contribution >= 0.6 is 0 Å². The third-order valence-corrected chi connectivity index (χ3v) is 3.27. The summed E-state index contributed by atoms with van der Waals surface area (Å²) in [7, 11) is 0. The lowest BCUT2D eigenvalue weighted by atomic mass is 10.2. The normalized spacial score (nSPS) is 11.2. The Morgan fingerprint density at radius 3 is 2.12 bits per heavy atom. The summed E-state index contributed by atoms with van der Waals surface area (Å²) < 4.78 is 38.0. The number of alkyl halides is 3. The Hall–Kier alpha value is -3.03. The number of halogens is 3. The number of benzene rings is 2. The first-order valence-corrected chi connectivity index (χ1v) is 7.81. The van der Waals surface area contributed by atoms with E-state index in [2.05, 4.69) is 16.0 Å². The maximum Gasteiger partial charge on any atom is 0.416 e. The molecule has 26 heavy (non-hydrogen) atoms. The lowest BCUT2D eigenvalue weighted by molar-refractivity contribution is -0.137. The average Bonchev–Trinajstić information content (AvgIpc) is 2.54. The van der Waals surface area contributed by atoms with E-state index in [1.807, 2.05) is 13.8 Å². The van der Waals surface area contributed by atoms with Gasteiger partial charge in [-0.15, -0.1) is 0 Å². The Labute approximate surface area is 148 Å². The molecule has 0 aliphatic carbocycles. The predicted octanol–water partition coefficient (Wildman–Crippen LogP) is 4.49. The van der Waals surface area contributed by atoms with Gasteiger partial charge in [0.25, 0.3) is 5.91 Å². The van der Waals surface area contributed by atoms with Gasteiger partial charge in [0.2, 0.25) is 0 Å². The van der Waals surface area contributed by atoms with Gasteiger partial charge in [0, 0.05) is 23.0 Å². The first-order chi connectivity index (χ1) is 12.1. The summed E-state index contributed by atoms with van der Waals surface area (Å²) in [4.78, 5) is 23.8. The van der Waals surface area contributed by atoms with Crippen molar-refractivity contribution in [1.29, 1.82) is 0 Å². The van der Waals surface area contributed by atoms with Crippen molar-refractivity contribution in [3.05, 3.63) is 59.7 Å². The average molecular weight is 365 g/mol. The second kappa shape index (κ2) is 7.90. The molecule has 0 aromatic heterocycles. The van der Waals surface area contributed by atoms with E-state index in [-0.39, 0.29) is 17.6 Å². The number of amides is 3. The largest absolute Gasteiger partial charge is 0.416 e. The Morgan fingerprint density at radius 1 is 0.923 bits per heavy atom. The van der Waals surface area contributed by atoms with Gasteiger partial charge in [-0.1, -0.05) is 6.07 Å². The number of hydrogen-bond acceptors (Lipinski definition) is 2. The zero-order valence-corrected chi connectivity index (χ0v) is 14.1. The van der Waals surface area contributed by atoms with Gasteiger partial charge >= 0.3 is 12.2 Å². The SMILES string of the molecule is CC(C)NC(=O)c1ccc(NC(=O)Nc2cccc(C(F)(F)F)c2)cc1. The first-order valence-electron chi connectivity index (χ1n) is 7.81. The van der Waals surface area contributed by atoms with Crippen molar-refractivity contribution in [2.75, 3.05) is 10.6 Å². The molecule has 8 heteroatoms. The molecule has 0 spiro atoms. The molecule has 0 heterocycles. The number of nitrogens with one attached hydrogen (secondary N) is 3. The summed E-state index contributed by atoms with van der Waals surface area (Å²) in [5, 5.41) is 7.57. The van der Waals surface area contributed by atoms with Crippen LogP contribution in [-0.4, -0.2) is 18.0 Å². The van der Waals surface area contributed by atoms with Gasteiger partial charge in [0.05, 0.1) is 5.56 Å². The molecule has 2 aromatic carbocycles. The molecule has 3 N–H and O–H groups in total. The minimum atomic E-state index is -4.49. The summed E-state index contributed by atoms with van der Waals surface area (Å²) in [6, 6.07) is 9.77. The van der Waals surface area contributed by atoms with Crippen molar-refractivity contribution < 1.29 is 22.8 Å². The predicted molar refractivity (Wildman–Crippen MR) is 93.1 cm³/mol. The van der Waals surface area contributed by atoms with Crippen LogP contribution in [0, 0.1) is 0 Å². The van der Waals surface area contributed by atoms with Crippen molar-refractivity contribution in [2.24, 2.45) is 0 Å². The quantitative estimate of drug-likeness (QED) is 0.747. The number of anilines is 2. The number of carbonyl (C=O) groups excluding carboxylic acids is 2. The van der Waals surface area contributed by atoms with E-state index in [4.69, 9.17) is 0 Å². The molecule has 0 saturated carbocycles. The summed E-state index contributed by atoms with van der Waals surface area (Å²) in [6.45, 7) is 3.68. The van der Waals surface area contributed by atoms with Crippen molar-refractivity contribution in [2.45, 2.75) is 26.1 Å². The van der Waals surface area contributed by atoms with E-state index in [1.165, 1.54) is 36.4 Å². The van der Waals surface area contributed by atoms with Gasteiger partial charge in [0.15, 0.2) is 0 Å². The molecule has 0 bridgehead atoms. The smallest absolute Gasteiger partial charge is 0.350 e. The van der Waals surface area contributed by atoms with Crippen LogP contribution in [0.5, 0.6) is 0 Å². The molecule has 3 amide bonds. The minimum Gasteiger partial charge on any atom is -0.350 e. The summed E-state index contributed by atoms with van der Waals surface area (Å²) >= 11 is 0. The van der Waals surface area contributed by atoms with Crippen LogP contribution < -0.4 is 16.0 Å². The summed E-state index contributed by atoms with van der Waals surface area (Å²) in [5.41, 5.74) is -0.000756. The molecule has 138 valence electrons. The van der Waals surface area contributed by atoms with Gasteiger partial charge in [-0.25, -0.2) is 4.79 Å². The van der Waals surface area contributed by atoms with Crippen LogP contribution in [0.15, 0.2) is 48.5 Å². The van der Waals surface area contributed by atoms with E-state index in [0.29, 0.717) is 11.3 Å². The number of rotatable bonds is 4. The van der Waals surface area contributed by atoms with E-state index >= 15 is 0 Å². The monoisotopic (exact) mass is 365 g/mol. The minimum absolute atomic E-state index is 0.00135. The van der Waals surface area contributed by atoms with Crippen LogP contribution in [0.2, 0.25) is 0 Å². The number of carbonyl (C=O) groups is 2. The van der Waals surface area contributed by atoms with Crippen LogP contribution in [0.3, 0.4) is 0 Å². The molecule has 0 atom stereocenters. The second-order valence-corrected chi connectivity index (χ2v) is 5.86. The lowest BCUT2D eigenvalue weighted by Crippen LogP contribution is -2.30. The van der Waals surface area contributed by atoms with E-state index in [1.54, 1.807) is 0 Å². The number of urea groups is 1. The topological polar surface area (TPSA) is 70.2 Å². The molecule has 0 fully saturated rings. The van der Waals surface area contributed by atoms with E-state index in [9.17, 15) is 22.8 Å². The molecule has 2 aromatic rings. The van der Waals surface area contributed by atoms with E-state index < -0.39 is 17.8 Å². The first kappa shape index (κ1) is 19.3. The Kier molecular flexibility index (Phi) is 5.86. The Morgan fingerprint density at radius 2 is 1.54 bits per heavy atom. The summed E-state index contributed by atoms with van der Waals surface area (Å²) in [5.74, 6) is -0.236. The van der Waals surface area contributed by atoms with Gasteiger partial charge in [-0.3, -0.25) is 4.79 Å². The Bertz CT molecular complexity index is 787. The molecule has 0 saturated heterocycles. The fraction of sp³-hybridized carbons (Fsp3) is 0.222. The highest BCUT2D eigenvalue weighted by Gasteiger charge is 2.30. The van der Waals surface area contributed by atoms with Crippen LogP contribution in [0.4, 0.5) is 29.3 Å². The van der Waals surface area contributed by atoms with Gasteiger partial charge in [-0.2, -0.15) is 13.2 Å². The molecule has 2 rings (SSSR count). The third-order valence-electron chi connectivity index (χ3n) is 3.27. The molecular formula is C18H18F3N3O2. The van der Waals surface area contributed by atoms with Crippen LogP contribution in [0.1, 0.15) is 29.8 Å².